The Morgan fingerprint density at radius 3 is 2.13 bits per heavy atom. The smallest absolute Gasteiger partial charge is 0.311 e. The van der Waals surface area contributed by atoms with E-state index in [1.165, 1.54) is 6.92 Å². The van der Waals surface area contributed by atoms with Crippen molar-refractivity contribution in [3.63, 3.8) is 0 Å². The molecule has 52 heavy (non-hydrogen) atoms. The molecule has 18 atom stereocenters. The molecule has 4 unspecified atom stereocenters. The SMILES string of the molecule is CC[C@H](C)C[C@@](C)(O)[C@H](O[C@@H]1OC(C)CC(N)[C@@H]1O)[C@@H](C)[C@H](O[C@H]1C[C@]2(C)OC(C)C(O1)[C@@]21CO1)[C@@H](C)C(=O)O[C@H](C(C)C)[C@@](C)(O)[C@H](O)C(C)C. The van der Waals surface area contributed by atoms with E-state index >= 15 is 0 Å². The molecule has 0 aromatic heterocycles. The highest BCUT2D eigenvalue weighted by atomic mass is 16.7. The van der Waals surface area contributed by atoms with Gasteiger partial charge in [-0.1, -0.05) is 54.9 Å². The third-order valence-corrected chi connectivity index (χ3v) is 12.4. The van der Waals surface area contributed by atoms with Crippen LogP contribution >= 0.6 is 0 Å². The Morgan fingerprint density at radius 1 is 1.00 bits per heavy atom. The van der Waals surface area contributed by atoms with Crippen LogP contribution in [-0.2, 0) is 38.0 Å². The second-order valence-electron chi connectivity index (χ2n) is 18.0. The Kier molecular flexibility index (Phi) is 13.7. The fraction of sp³-hybridized carbons (Fsp3) is 0.974. The summed E-state index contributed by atoms with van der Waals surface area (Å²) in [7, 11) is 0. The molecule has 0 amide bonds. The Balaban J connectivity index is 1.72. The van der Waals surface area contributed by atoms with Crippen molar-refractivity contribution in [2.75, 3.05) is 6.61 Å². The number of esters is 1. The minimum Gasteiger partial charge on any atom is -0.459 e. The Morgan fingerprint density at radius 2 is 1.62 bits per heavy atom. The zero-order valence-corrected chi connectivity index (χ0v) is 33.9. The van der Waals surface area contributed by atoms with Gasteiger partial charge in [0.2, 0.25) is 0 Å². The van der Waals surface area contributed by atoms with Gasteiger partial charge in [-0.3, -0.25) is 4.79 Å². The third-order valence-electron chi connectivity index (χ3n) is 12.4. The molecule has 4 rings (SSSR count). The summed E-state index contributed by atoms with van der Waals surface area (Å²) >= 11 is 0. The molecule has 4 aliphatic rings. The van der Waals surface area contributed by atoms with Crippen molar-refractivity contribution in [3.8, 4) is 0 Å². The molecule has 0 saturated carbocycles. The van der Waals surface area contributed by atoms with Gasteiger partial charge in [0.15, 0.2) is 12.6 Å². The van der Waals surface area contributed by atoms with E-state index in [1.807, 2.05) is 55.4 Å². The summed E-state index contributed by atoms with van der Waals surface area (Å²) < 4.78 is 44.5. The second kappa shape index (κ2) is 16.3. The molecule has 4 saturated heterocycles. The van der Waals surface area contributed by atoms with Crippen LogP contribution in [0.2, 0.25) is 0 Å². The first-order valence-corrected chi connectivity index (χ1v) is 19.6. The van der Waals surface area contributed by atoms with Gasteiger partial charge in [-0.25, -0.2) is 0 Å². The lowest BCUT2D eigenvalue weighted by Gasteiger charge is -2.47. The van der Waals surface area contributed by atoms with Gasteiger partial charge in [-0.2, -0.15) is 0 Å². The summed E-state index contributed by atoms with van der Waals surface area (Å²) in [6, 6.07) is -0.599. The van der Waals surface area contributed by atoms with Crippen LogP contribution in [-0.4, -0.2) is 123 Å². The lowest BCUT2D eigenvalue weighted by molar-refractivity contribution is -0.304. The summed E-state index contributed by atoms with van der Waals surface area (Å²) in [5, 5.41) is 45.9. The maximum Gasteiger partial charge on any atom is 0.311 e. The molecule has 304 valence electrons. The summed E-state index contributed by atoms with van der Waals surface area (Å²) in [6.07, 6.45) is -6.32. The van der Waals surface area contributed by atoms with Crippen molar-refractivity contribution in [2.24, 2.45) is 35.3 Å². The van der Waals surface area contributed by atoms with Gasteiger partial charge in [0.05, 0.1) is 48.6 Å². The van der Waals surface area contributed by atoms with Gasteiger partial charge >= 0.3 is 5.97 Å². The van der Waals surface area contributed by atoms with Crippen LogP contribution in [0.3, 0.4) is 0 Å². The standard InChI is InChI=1S/C39H71NO12/c1-14-21(6)16-36(11,44)32(51-35-28(41)26(40)15-22(7)47-35)23(8)29(48-27-17-37(12)39(18-46-39)33(49-27)25(10)52-37)24(9)34(43)50-31(20(4)5)38(13,45)30(42)19(2)3/h19-33,35,41-42,44-45H,14-18,40H2,1-13H3/t21-,22?,23-,24+,25?,26?,27+,28-,29-,30+,31+,32+,33?,35-,36+,37-,38-,39-/m0/s1. The number of carbonyl (C=O) groups excluding carboxylic acids is 1. The second-order valence-corrected chi connectivity index (χ2v) is 18.0. The van der Waals surface area contributed by atoms with E-state index in [1.54, 1.807) is 27.7 Å². The number of rotatable bonds is 17. The van der Waals surface area contributed by atoms with Crippen LogP contribution in [0, 0.1) is 29.6 Å². The van der Waals surface area contributed by atoms with Crippen LogP contribution < -0.4 is 5.73 Å². The zero-order chi connectivity index (χ0) is 39.3. The van der Waals surface area contributed by atoms with Gasteiger partial charge in [-0.15, -0.1) is 0 Å². The molecule has 0 radical (unpaired) electrons. The molecule has 4 fully saturated rings. The van der Waals surface area contributed by atoms with E-state index in [9.17, 15) is 25.2 Å². The molecule has 4 heterocycles. The van der Waals surface area contributed by atoms with Crippen LogP contribution in [0.5, 0.6) is 0 Å². The quantitative estimate of drug-likeness (QED) is 0.108. The van der Waals surface area contributed by atoms with Crippen molar-refractivity contribution < 1.29 is 58.4 Å². The Labute approximate surface area is 311 Å². The molecular weight excluding hydrogens is 674 g/mol. The van der Waals surface area contributed by atoms with Gasteiger partial charge in [0.1, 0.15) is 35.1 Å². The van der Waals surface area contributed by atoms with Crippen LogP contribution in [0.25, 0.3) is 0 Å². The number of hydrogen-bond donors (Lipinski definition) is 5. The molecule has 13 heteroatoms. The van der Waals surface area contributed by atoms with Crippen molar-refractivity contribution in [1.82, 2.24) is 0 Å². The molecule has 1 spiro atoms. The van der Waals surface area contributed by atoms with E-state index in [4.69, 9.17) is 38.9 Å². The molecule has 0 aromatic carbocycles. The number of nitrogens with two attached hydrogens (primary N) is 1. The maximum absolute atomic E-state index is 14.3. The summed E-state index contributed by atoms with van der Waals surface area (Å²) in [5.74, 6) is -2.89. The first kappa shape index (κ1) is 43.8. The van der Waals surface area contributed by atoms with E-state index < -0.39 is 89.4 Å². The van der Waals surface area contributed by atoms with E-state index in [-0.39, 0.29) is 36.1 Å². The molecule has 4 aliphatic heterocycles. The fourth-order valence-electron chi connectivity index (χ4n) is 9.18. The molecule has 0 aromatic rings. The predicted molar refractivity (Wildman–Crippen MR) is 193 cm³/mol. The third kappa shape index (κ3) is 8.70. The van der Waals surface area contributed by atoms with Crippen LogP contribution in [0.15, 0.2) is 0 Å². The topological polar surface area (TPSA) is 192 Å². The largest absolute Gasteiger partial charge is 0.459 e. The highest BCUT2D eigenvalue weighted by molar-refractivity contribution is 5.73. The first-order valence-electron chi connectivity index (χ1n) is 19.6. The van der Waals surface area contributed by atoms with Gasteiger partial charge < -0.3 is 59.3 Å². The molecule has 2 bridgehead atoms. The van der Waals surface area contributed by atoms with Gasteiger partial charge in [0, 0.05) is 18.4 Å². The maximum atomic E-state index is 14.3. The number of carbonyl (C=O) groups is 1. The molecule has 13 nitrogen and oxygen atoms in total. The number of aliphatic hydroxyl groups excluding tert-OH is 2. The first-order chi connectivity index (χ1) is 23.9. The Bertz CT molecular complexity index is 1190. The van der Waals surface area contributed by atoms with Crippen LogP contribution in [0.4, 0.5) is 0 Å². The van der Waals surface area contributed by atoms with E-state index in [2.05, 4.69) is 0 Å². The number of epoxide rings is 1. The summed E-state index contributed by atoms with van der Waals surface area (Å²) in [6.45, 7) is 24.3. The van der Waals surface area contributed by atoms with E-state index in [0.717, 1.165) is 6.42 Å². The van der Waals surface area contributed by atoms with Gasteiger partial charge in [-0.05, 0) is 72.1 Å². The average Bonchev–Trinajstić information content (AvgIpc) is 3.83. The molecule has 6 N–H and O–H groups in total. The van der Waals surface area contributed by atoms with Crippen LogP contribution in [0.1, 0.15) is 116 Å². The lowest BCUT2D eigenvalue weighted by Crippen LogP contribution is -2.60. The normalized spacial score (nSPS) is 39.7. The number of hydrogen-bond acceptors (Lipinski definition) is 13. The minimum absolute atomic E-state index is 0.112. The highest BCUT2D eigenvalue weighted by Crippen LogP contribution is 2.58. The van der Waals surface area contributed by atoms with Crippen molar-refractivity contribution in [2.45, 2.75) is 206 Å². The van der Waals surface area contributed by atoms with Gasteiger partial charge in [0.25, 0.3) is 0 Å². The van der Waals surface area contributed by atoms with Crippen molar-refractivity contribution in [3.05, 3.63) is 0 Å². The minimum atomic E-state index is -1.75. The highest BCUT2D eigenvalue weighted by Gasteiger charge is 2.75. The molecule has 0 aliphatic carbocycles. The summed E-state index contributed by atoms with van der Waals surface area (Å²) in [5.41, 5.74) is 1.83. The van der Waals surface area contributed by atoms with Crippen molar-refractivity contribution >= 4 is 5.97 Å². The fourth-order valence-corrected chi connectivity index (χ4v) is 9.18. The zero-order valence-electron chi connectivity index (χ0n) is 33.9. The molecular formula is C39H71NO12. The van der Waals surface area contributed by atoms with E-state index in [0.29, 0.717) is 25.9 Å². The predicted octanol–water partition coefficient (Wildman–Crippen LogP) is 3.44. The van der Waals surface area contributed by atoms with Crippen molar-refractivity contribution in [1.29, 1.82) is 0 Å². The monoisotopic (exact) mass is 745 g/mol. The average molecular weight is 746 g/mol. The Hall–Kier alpha value is -0.970. The summed E-state index contributed by atoms with van der Waals surface area (Å²) in [4.78, 5) is 14.3. The number of ether oxygens (including phenoxy) is 7. The number of aliphatic hydroxyl groups is 4. The lowest BCUT2D eigenvalue weighted by atomic mass is 9.77.